The maximum absolute atomic E-state index is 13.9. The van der Waals surface area contributed by atoms with Gasteiger partial charge in [0.2, 0.25) is 20.0 Å². The smallest absolute Gasteiger partial charge is 0.207 e. The van der Waals surface area contributed by atoms with Crippen LogP contribution >= 0.6 is 0 Å². The summed E-state index contributed by atoms with van der Waals surface area (Å²) in [6, 6.07) is 12.6. The molecular formula is C17H16FN3O4S2. The Morgan fingerprint density at radius 1 is 0.852 bits per heavy atom. The molecule has 2 aromatic carbocycles. The fraction of sp³-hybridized carbons (Fsp3) is 0.235. The van der Waals surface area contributed by atoms with Crippen molar-refractivity contribution < 1.29 is 21.2 Å². The molecule has 0 N–H and O–H groups in total. The summed E-state index contributed by atoms with van der Waals surface area (Å²) in [6.07, 6.45) is 0. The Balaban J connectivity index is 1.79. The molecule has 1 heterocycles. The zero-order valence-corrected chi connectivity index (χ0v) is 15.7. The Morgan fingerprint density at radius 3 is 2.04 bits per heavy atom. The van der Waals surface area contributed by atoms with Crippen molar-refractivity contribution in [3.8, 4) is 6.07 Å². The first-order chi connectivity index (χ1) is 12.8. The van der Waals surface area contributed by atoms with E-state index in [0.29, 0.717) is 0 Å². The standard InChI is InChI=1S/C17H16FN3O4S2/c18-16-6-1-2-7-17(16)27(24,25)21-10-8-20(9-11-21)26(22,23)15-5-3-4-14(12-15)13-19/h1-7,12H,8-11H2. The van der Waals surface area contributed by atoms with Crippen LogP contribution in [-0.4, -0.2) is 51.6 Å². The molecule has 27 heavy (non-hydrogen) atoms. The van der Waals surface area contributed by atoms with Crippen molar-refractivity contribution >= 4 is 20.0 Å². The first kappa shape index (κ1) is 19.4. The maximum atomic E-state index is 13.9. The molecule has 1 aliphatic heterocycles. The lowest BCUT2D eigenvalue weighted by Crippen LogP contribution is -2.50. The lowest BCUT2D eigenvalue weighted by Gasteiger charge is -2.33. The van der Waals surface area contributed by atoms with E-state index in [-0.39, 0.29) is 36.6 Å². The Labute approximate surface area is 157 Å². The Bertz CT molecular complexity index is 1100. The van der Waals surface area contributed by atoms with Gasteiger partial charge in [-0.25, -0.2) is 21.2 Å². The van der Waals surface area contributed by atoms with Crippen molar-refractivity contribution in [1.82, 2.24) is 8.61 Å². The third-order valence-corrected chi connectivity index (χ3v) is 8.08. The first-order valence-electron chi connectivity index (χ1n) is 8.02. The average molecular weight is 409 g/mol. The van der Waals surface area contributed by atoms with Gasteiger partial charge >= 0.3 is 0 Å². The molecule has 1 aliphatic rings. The summed E-state index contributed by atoms with van der Waals surface area (Å²) in [5.74, 6) is -0.846. The van der Waals surface area contributed by atoms with Crippen LogP contribution in [0.5, 0.6) is 0 Å². The summed E-state index contributed by atoms with van der Waals surface area (Å²) in [7, 11) is -7.89. The van der Waals surface area contributed by atoms with Crippen LogP contribution in [0.3, 0.4) is 0 Å². The molecule has 0 amide bonds. The van der Waals surface area contributed by atoms with E-state index in [9.17, 15) is 21.2 Å². The summed E-state index contributed by atoms with van der Waals surface area (Å²) < 4.78 is 66.7. The topological polar surface area (TPSA) is 98.5 Å². The fourth-order valence-electron chi connectivity index (χ4n) is 2.82. The van der Waals surface area contributed by atoms with Gasteiger partial charge in [0.15, 0.2) is 0 Å². The molecule has 0 unspecified atom stereocenters. The lowest BCUT2D eigenvalue weighted by molar-refractivity contribution is 0.272. The predicted molar refractivity (Wildman–Crippen MR) is 95.1 cm³/mol. The van der Waals surface area contributed by atoms with E-state index >= 15 is 0 Å². The van der Waals surface area contributed by atoms with Gasteiger partial charge in [0, 0.05) is 26.2 Å². The Kier molecular flexibility index (Phi) is 5.30. The third kappa shape index (κ3) is 3.72. The molecule has 0 spiro atoms. The van der Waals surface area contributed by atoms with Gasteiger partial charge in [-0.3, -0.25) is 0 Å². The van der Waals surface area contributed by atoms with Gasteiger partial charge in [0.05, 0.1) is 16.5 Å². The van der Waals surface area contributed by atoms with E-state index in [1.807, 2.05) is 6.07 Å². The number of nitrogens with zero attached hydrogens (tertiary/aromatic N) is 3. The second-order valence-corrected chi connectivity index (χ2v) is 9.72. The van der Waals surface area contributed by atoms with Crippen LogP contribution in [0, 0.1) is 17.1 Å². The number of sulfonamides is 2. The minimum atomic E-state index is -4.04. The Hall–Kier alpha value is -2.32. The quantitative estimate of drug-likeness (QED) is 0.760. The van der Waals surface area contributed by atoms with Crippen molar-refractivity contribution in [3.05, 3.63) is 59.9 Å². The highest BCUT2D eigenvalue weighted by Crippen LogP contribution is 2.23. The van der Waals surface area contributed by atoms with Crippen LogP contribution in [0.25, 0.3) is 0 Å². The molecule has 10 heteroatoms. The Morgan fingerprint density at radius 2 is 1.44 bits per heavy atom. The van der Waals surface area contributed by atoms with Crippen LogP contribution in [0.4, 0.5) is 4.39 Å². The zero-order valence-electron chi connectivity index (χ0n) is 14.1. The van der Waals surface area contributed by atoms with Crippen LogP contribution < -0.4 is 0 Å². The van der Waals surface area contributed by atoms with E-state index in [4.69, 9.17) is 5.26 Å². The van der Waals surface area contributed by atoms with Crippen molar-refractivity contribution in [1.29, 1.82) is 5.26 Å². The van der Waals surface area contributed by atoms with Crippen molar-refractivity contribution in [3.63, 3.8) is 0 Å². The second-order valence-electron chi connectivity index (χ2n) is 5.88. The van der Waals surface area contributed by atoms with Gasteiger partial charge in [0.25, 0.3) is 0 Å². The molecule has 7 nitrogen and oxygen atoms in total. The molecule has 0 saturated carbocycles. The normalized spacial score (nSPS) is 16.7. The van der Waals surface area contributed by atoms with Gasteiger partial charge in [-0.1, -0.05) is 18.2 Å². The molecule has 0 bridgehead atoms. The van der Waals surface area contributed by atoms with Crippen molar-refractivity contribution in [2.45, 2.75) is 9.79 Å². The summed E-state index contributed by atoms with van der Waals surface area (Å²) in [5, 5.41) is 8.93. The molecule has 2 aromatic rings. The number of hydrogen-bond acceptors (Lipinski definition) is 5. The summed E-state index contributed by atoms with van der Waals surface area (Å²) in [5.41, 5.74) is 0.219. The number of halogens is 1. The molecule has 0 aromatic heterocycles. The summed E-state index contributed by atoms with van der Waals surface area (Å²) in [6.45, 7) is -0.304. The van der Waals surface area contributed by atoms with E-state index in [0.717, 1.165) is 14.7 Å². The highest BCUT2D eigenvalue weighted by Gasteiger charge is 2.34. The summed E-state index contributed by atoms with van der Waals surface area (Å²) in [4.78, 5) is -0.449. The molecule has 142 valence electrons. The molecule has 1 saturated heterocycles. The van der Waals surface area contributed by atoms with Crippen molar-refractivity contribution in [2.24, 2.45) is 0 Å². The minimum absolute atomic E-state index is 0.0213. The molecule has 1 fully saturated rings. The lowest BCUT2D eigenvalue weighted by atomic mass is 10.2. The number of nitriles is 1. The van der Waals surface area contributed by atoms with Crippen LogP contribution in [-0.2, 0) is 20.0 Å². The summed E-state index contributed by atoms with van der Waals surface area (Å²) >= 11 is 0. The second kappa shape index (κ2) is 7.36. The third-order valence-electron chi connectivity index (χ3n) is 4.25. The first-order valence-corrected chi connectivity index (χ1v) is 10.9. The van der Waals surface area contributed by atoms with Gasteiger partial charge in [0.1, 0.15) is 10.7 Å². The zero-order chi connectivity index (χ0) is 19.7. The fourth-order valence-corrected chi connectivity index (χ4v) is 5.77. The SMILES string of the molecule is N#Cc1cccc(S(=O)(=O)N2CCN(S(=O)(=O)c3ccccc3F)CC2)c1. The minimum Gasteiger partial charge on any atom is -0.207 e. The molecular weight excluding hydrogens is 393 g/mol. The van der Waals surface area contributed by atoms with Gasteiger partial charge in [-0.15, -0.1) is 0 Å². The van der Waals surface area contributed by atoms with Gasteiger partial charge in [-0.05, 0) is 30.3 Å². The molecule has 0 aliphatic carbocycles. The van der Waals surface area contributed by atoms with E-state index in [2.05, 4.69) is 0 Å². The van der Waals surface area contributed by atoms with E-state index in [1.165, 1.54) is 42.5 Å². The monoisotopic (exact) mass is 409 g/mol. The van der Waals surface area contributed by atoms with Gasteiger partial charge < -0.3 is 0 Å². The van der Waals surface area contributed by atoms with Crippen LogP contribution in [0.15, 0.2) is 58.3 Å². The molecule has 0 atom stereocenters. The molecule has 0 radical (unpaired) electrons. The number of piperazine rings is 1. The highest BCUT2D eigenvalue weighted by atomic mass is 32.2. The number of benzene rings is 2. The largest absolute Gasteiger partial charge is 0.246 e. The van der Waals surface area contributed by atoms with Gasteiger partial charge in [-0.2, -0.15) is 13.9 Å². The van der Waals surface area contributed by atoms with Crippen LogP contribution in [0.2, 0.25) is 0 Å². The average Bonchev–Trinajstić information content (AvgIpc) is 2.68. The maximum Gasteiger partial charge on any atom is 0.246 e. The van der Waals surface area contributed by atoms with E-state index in [1.54, 1.807) is 0 Å². The van der Waals surface area contributed by atoms with Crippen molar-refractivity contribution in [2.75, 3.05) is 26.2 Å². The number of rotatable bonds is 4. The highest BCUT2D eigenvalue weighted by molar-refractivity contribution is 7.89. The number of hydrogen-bond donors (Lipinski definition) is 0. The van der Waals surface area contributed by atoms with E-state index < -0.39 is 30.8 Å². The molecule has 3 rings (SSSR count). The predicted octanol–water partition coefficient (Wildman–Crippen LogP) is 1.39. The van der Waals surface area contributed by atoms with Crippen LogP contribution in [0.1, 0.15) is 5.56 Å².